The van der Waals surface area contributed by atoms with E-state index in [9.17, 15) is 14.4 Å². The Kier molecular flexibility index (Phi) is 3.18. The zero-order valence-corrected chi connectivity index (χ0v) is 13.7. The third-order valence-corrected chi connectivity index (χ3v) is 5.10. The Morgan fingerprint density at radius 3 is 2.84 bits per heavy atom. The normalized spacial score (nSPS) is 26.9. The molecule has 0 spiro atoms. The zero-order chi connectivity index (χ0) is 17.9. The molecule has 1 aromatic rings. The summed E-state index contributed by atoms with van der Waals surface area (Å²) >= 11 is 0. The highest BCUT2D eigenvalue weighted by Crippen LogP contribution is 2.42. The van der Waals surface area contributed by atoms with Crippen LogP contribution in [0.4, 0.5) is 15.3 Å². The Bertz CT molecular complexity index is 847. The number of amides is 4. The number of carbonyl (C=O) groups excluding carboxylic acids is 3. The molecular formula is C16H15N5O4. The molecule has 4 heterocycles. The van der Waals surface area contributed by atoms with Crippen LogP contribution in [0.25, 0.3) is 0 Å². The number of anilines is 1. The average molecular weight is 341 g/mol. The van der Waals surface area contributed by atoms with Gasteiger partial charge in [0.1, 0.15) is 17.8 Å². The lowest BCUT2D eigenvalue weighted by atomic mass is 10.1. The van der Waals surface area contributed by atoms with Gasteiger partial charge in [-0.3, -0.25) is 4.79 Å². The Morgan fingerprint density at radius 1 is 1.44 bits per heavy atom. The van der Waals surface area contributed by atoms with Crippen molar-refractivity contribution in [3.05, 3.63) is 23.5 Å². The largest absolute Gasteiger partial charge is 0.453 e. The summed E-state index contributed by atoms with van der Waals surface area (Å²) in [5.41, 5.74) is 1.18. The molecule has 3 aliphatic heterocycles. The van der Waals surface area contributed by atoms with Crippen molar-refractivity contribution in [2.45, 2.75) is 31.5 Å². The van der Waals surface area contributed by atoms with Crippen LogP contribution < -0.4 is 4.90 Å². The van der Waals surface area contributed by atoms with Crippen molar-refractivity contribution in [3.63, 3.8) is 0 Å². The van der Waals surface area contributed by atoms with Crippen LogP contribution in [0.5, 0.6) is 0 Å². The van der Waals surface area contributed by atoms with E-state index in [1.807, 2.05) is 6.07 Å². The van der Waals surface area contributed by atoms with Crippen LogP contribution in [0.3, 0.4) is 0 Å². The quantitative estimate of drug-likeness (QED) is 0.693. The number of likely N-dealkylation sites (tertiary alicyclic amines) is 1. The third kappa shape index (κ3) is 1.94. The number of methoxy groups -OCH3 is 1. The predicted octanol–water partition coefficient (Wildman–Crippen LogP) is 0.622. The summed E-state index contributed by atoms with van der Waals surface area (Å²) in [6.07, 6.45) is 1.45. The Hall–Kier alpha value is -3.15. The van der Waals surface area contributed by atoms with Crippen molar-refractivity contribution in [3.8, 4) is 6.07 Å². The van der Waals surface area contributed by atoms with Gasteiger partial charge in [-0.2, -0.15) is 5.26 Å². The van der Waals surface area contributed by atoms with E-state index in [1.54, 1.807) is 17.9 Å². The summed E-state index contributed by atoms with van der Waals surface area (Å²) < 4.78 is 4.77. The summed E-state index contributed by atoms with van der Waals surface area (Å²) in [7, 11) is 1.30. The van der Waals surface area contributed by atoms with Gasteiger partial charge in [-0.25, -0.2) is 19.5 Å². The average Bonchev–Trinajstić information content (AvgIpc) is 3.26. The number of urea groups is 1. The van der Waals surface area contributed by atoms with Crippen molar-refractivity contribution in [2.24, 2.45) is 0 Å². The van der Waals surface area contributed by atoms with Crippen molar-refractivity contribution in [2.75, 3.05) is 18.6 Å². The van der Waals surface area contributed by atoms with Crippen molar-refractivity contribution in [1.82, 2.24) is 14.8 Å². The van der Waals surface area contributed by atoms with E-state index in [0.717, 1.165) is 4.90 Å². The second-order valence-corrected chi connectivity index (χ2v) is 6.36. The van der Waals surface area contributed by atoms with Gasteiger partial charge >= 0.3 is 12.1 Å². The van der Waals surface area contributed by atoms with Gasteiger partial charge in [0.15, 0.2) is 0 Å². The van der Waals surface area contributed by atoms with E-state index in [4.69, 9.17) is 10.00 Å². The van der Waals surface area contributed by atoms with E-state index in [-0.39, 0.29) is 23.7 Å². The molecule has 0 unspecified atom stereocenters. The fraction of sp³-hybridized carbons (Fsp3) is 0.438. The minimum atomic E-state index is -0.693. The van der Waals surface area contributed by atoms with Gasteiger partial charge < -0.3 is 14.5 Å². The number of ether oxygens (including phenoxy) is 1. The molecule has 3 atom stereocenters. The van der Waals surface area contributed by atoms with E-state index >= 15 is 0 Å². The minimum absolute atomic E-state index is 0.192. The number of carbonyl (C=O) groups is 3. The molecule has 0 aliphatic carbocycles. The molecule has 4 amide bonds. The summed E-state index contributed by atoms with van der Waals surface area (Å²) in [5, 5.41) is 8.97. The van der Waals surface area contributed by atoms with E-state index in [2.05, 4.69) is 4.98 Å². The maximum atomic E-state index is 12.9. The summed E-state index contributed by atoms with van der Waals surface area (Å²) in [4.78, 5) is 45.8. The number of piperazine rings is 1. The van der Waals surface area contributed by atoms with Gasteiger partial charge in [0, 0.05) is 6.54 Å². The monoisotopic (exact) mass is 341 g/mol. The standard InChI is InChI=1S/C16H15N5O4/c1-8-3-9(6-18-11(8)5-17)21-14(22)13-12-4-10(20(13)15(21)23)7-19(12)16(24)25-2/h3,6,10,12-13H,4,7H2,1-2H3/t10-,12-,13-/m0/s1. The molecule has 3 saturated heterocycles. The number of aryl methyl sites for hydroxylation is 1. The van der Waals surface area contributed by atoms with Crippen LogP contribution in [-0.4, -0.2) is 64.6 Å². The number of rotatable bonds is 1. The molecule has 4 rings (SSSR count). The van der Waals surface area contributed by atoms with Crippen LogP contribution in [-0.2, 0) is 9.53 Å². The highest BCUT2D eigenvalue weighted by Gasteiger charge is 2.63. The number of nitrogens with zero attached hydrogens (tertiary/aromatic N) is 5. The van der Waals surface area contributed by atoms with Gasteiger partial charge in [-0.1, -0.05) is 0 Å². The fourth-order valence-electron chi connectivity index (χ4n) is 4.02. The van der Waals surface area contributed by atoms with E-state index in [1.165, 1.54) is 18.2 Å². The van der Waals surface area contributed by atoms with E-state index < -0.39 is 18.2 Å². The van der Waals surface area contributed by atoms with Gasteiger partial charge in [-0.05, 0) is 25.0 Å². The lowest BCUT2D eigenvalue weighted by molar-refractivity contribution is -0.121. The first kappa shape index (κ1) is 15.4. The summed E-state index contributed by atoms with van der Waals surface area (Å²) in [6, 6.07) is 1.90. The molecule has 9 nitrogen and oxygen atoms in total. The van der Waals surface area contributed by atoms with Crippen molar-refractivity contribution < 1.29 is 19.1 Å². The molecule has 0 aromatic carbocycles. The maximum absolute atomic E-state index is 12.9. The van der Waals surface area contributed by atoms with Gasteiger partial charge in [0.2, 0.25) is 0 Å². The second-order valence-electron chi connectivity index (χ2n) is 6.36. The Morgan fingerprint density at radius 2 is 2.20 bits per heavy atom. The molecule has 0 saturated carbocycles. The topological polar surface area (TPSA) is 107 Å². The zero-order valence-electron chi connectivity index (χ0n) is 13.7. The molecule has 25 heavy (non-hydrogen) atoms. The van der Waals surface area contributed by atoms with Gasteiger partial charge in [0.25, 0.3) is 5.91 Å². The Labute approximate surface area is 143 Å². The summed E-state index contributed by atoms with van der Waals surface area (Å²) in [5.74, 6) is -0.378. The number of nitriles is 1. The van der Waals surface area contributed by atoms with Gasteiger partial charge in [0.05, 0.1) is 31.1 Å². The maximum Gasteiger partial charge on any atom is 0.409 e. The molecular weight excluding hydrogens is 326 g/mol. The number of pyridine rings is 1. The Balaban J connectivity index is 1.68. The molecule has 0 N–H and O–H groups in total. The minimum Gasteiger partial charge on any atom is -0.453 e. The molecule has 3 fully saturated rings. The second kappa shape index (κ2) is 5.17. The van der Waals surface area contributed by atoms with Crippen LogP contribution in [0.2, 0.25) is 0 Å². The molecule has 128 valence electrons. The lowest BCUT2D eigenvalue weighted by Crippen LogP contribution is -2.54. The highest BCUT2D eigenvalue weighted by molar-refractivity contribution is 6.22. The summed E-state index contributed by atoms with van der Waals surface area (Å²) in [6.45, 7) is 2.06. The predicted molar refractivity (Wildman–Crippen MR) is 83.5 cm³/mol. The van der Waals surface area contributed by atoms with Crippen LogP contribution in [0.15, 0.2) is 12.3 Å². The smallest absolute Gasteiger partial charge is 0.409 e. The van der Waals surface area contributed by atoms with Crippen molar-refractivity contribution >= 4 is 23.7 Å². The molecule has 3 aliphatic rings. The van der Waals surface area contributed by atoms with Gasteiger partial charge in [-0.15, -0.1) is 0 Å². The lowest BCUT2D eigenvalue weighted by Gasteiger charge is -2.33. The fourth-order valence-corrected chi connectivity index (χ4v) is 4.02. The number of hydrogen-bond donors (Lipinski definition) is 0. The van der Waals surface area contributed by atoms with Crippen LogP contribution >= 0.6 is 0 Å². The number of imide groups is 1. The first-order chi connectivity index (χ1) is 12.0. The molecule has 9 heteroatoms. The SMILES string of the molecule is COC(=O)N1C[C@@H]2C[C@H]1[C@H]1C(=O)N(c3cnc(C#N)c(C)c3)C(=O)N21. The van der Waals surface area contributed by atoms with Crippen LogP contribution in [0, 0.1) is 18.3 Å². The third-order valence-electron chi connectivity index (χ3n) is 5.10. The van der Waals surface area contributed by atoms with Crippen LogP contribution in [0.1, 0.15) is 17.7 Å². The highest BCUT2D eigenvalue weighted by atomic mass is 16.5. The number of aromatic nitrogens is 1. The van der Waals surface area contributed by atoms with Crippen molar-refractivity contribution in [1.29, 1.82) is 5.26 Å². The molecule has 2 bridgehead atoms. The number of hydrogen-bond acceptors (Lipinski definition) is 6. The number of fused-ring (bicyclic) bond motifs is 5. The molecule has 0 radical (unpaired) electrons. The van der Waals surface area contributed by atoms with E-state index in [0.29, 0.717) is 24.2 Å². The first-order valence-corrected chi connectivity index (χ1v) is 7.85. The molecule has 1 aromatic heterocycles. The first-order valence-electron chi connectivity index (χ1n) is 7.85.